The van der Waals surface area contributed by atoms with Gasteiger partial charge >= 0.3 is 0 Å². The molecule has 1 amide bonds. The summed E-state index contributed by atoms with van der Waals surface area (Å²) in [5, 5.41) is 2.84. The van der Waals surface area contributed by atoms with Crippen LogP contribution in [0.25, 0.3) is 0 Å². The largest absolute Gasteiger partial charge is 0.494 e. The number of carbonyl (C=O) groups is 1. The van der Waals surface area contributed by atoms with Gasteiger partial charge in [-0.2, -0.15) is 0 Å². The van der Waals surface area contributed by atoms with Gasteiger partial charge in [-0.25, -0.2) is 0 Å². The minimum atomic E-state index is -0.210. The highest BCUT2D eigenvalue weighted by molar-refractivity contribution is 9.10. The van der Waals surface area contributed by atoms with Gasteiger partial charge in [0.15, 0.2) is 6.61 Å². The van der Waals surface area contributed by atoms with Gasteiger partial charge in [0.25, 0.3) is 5.91 Å². The second-order valence-corrected chi connectivity index (χ2v) is 7.77. The maximum atomic E-state index is 12.2. The van der Waals surface area contributed by atoms with Gasteiger partial charge in [-0.3, -0.25) is 4.79 Å². The summed E-state index contributed by atoms with van der Waals surface area (Å²) in [6.45, 7) is 2.69. The first kappa shape index (κ1) is 21.9. The van der Waals surface area contributed by atoms with Crippen LogP contribution in [0.5, 0.6) is 11.5 Å². The molecule has 30 heavy (non-hydrogen) atoms. The van der Waals surface area contributed by atoms with Crippen molar-refractivity contribution in [2.75, 3.05) is 18.5 Å². The third kappa shape index (κ3) is 6.92. The summed E-state index contributed by atoms with van der Waals surface area (Å²) >= 11 is 3.48. The highest BCUT2D eigenvalue weighted by Crippen LogP contribution is 2.26. The third-order valence-electron chi connectivity index (χ3n) is 4.62. The molecule has 3 rings (SSSR count). The molecule has 0 aliphatic carbocycles. The number of rotatable bonds is 10. The van der Waals surface area contributed by atoms with Crippen molar-refractivity contribution >= 4 is 27.5 Å². The van der Waals surface area contributed by atoms with E-state index in [0.717, 1.165) is 29.5 Å². The molecule has 0 saturated heterocycles. The lowest BCUT2D eigenvalue weighted by atomic mass is 10.1. The van der Waals surface area contributed by atoms with Gasteiger partial charge < -0.3 is 14.8 Å². The standard InChI is InChI=1S/C25H26BrNO3/c1-2-19-10-15-24(23(26)17-19)30-18-25(28)27-21-11-13-22(14-12-21)29-16-6-9-20-7-4-3-5-8-20/h3-5,7-8,10-15,17H,2,6,9,16,18H2,1H3,(H,27,28). The topological polar surface area (TPSA) is 47.6 Å². The van der Waals surface area contributed by atoms with Crippen LogP contribution in [0.15, 0.2) is 77.3 Å². The van der Waals surface area contributed by atoms with E-state index in [0.29, 0.717) is 18.0 Å². The molecule has 3 aromatic carbocycles. The number of amides is 1. The molecule has 0 fully saturated rings. The predicted molar refractivity (Wildman–Crippen MR) is 124 cm³/mol. The molecule has 5 heteroatoms. The lowest BCUT2D eigenvalue weighted by Crippen LogP contribution is -2.20. The van der Waals surface area contributed by atoms with Crippen LogP contribution >= 0.6 is 15.9 Å². The number of halogens is 1. The highest BCUT2D eigenvalue weighted by atomic mass is 79.9. The van der Waals surface area contributed by atoms with Crippen molar-refractivity contribution in [1.82, 2.24) is 0 Å². The summed E-state index contributed by atoms with van der Waals surface area (Å²) < 4.78 is 12.2. The van der Waals surface area contributed by atoms with Crippen LogP contribution in [0.4, 0.5) is 5.69 Å². The molecule has 0 spiro atoms. The summed E-state index contributed by atoms with van der Waals surface area (Å²) in [6.07, 6.45) is 2.90. The zero-order chi connectivity index (χ0) is 21.2. The maximum Gasteiger partial charge on any atom is 0.262 e. The van der Waals surface area contributed by atoms with Gasteiger partial charge in [-0.1, -0.05) is 43.3 Å². The van der Waals surface area contributed by atoms with Crippen LogP contribution in [-0.2, 0) is 17.6 Å². The first-order chi connectivity index (χ1) is 14.6. The van der Waals surface area contributed by atoms with Crippen molar-refractivity contribution in [3.8, 4) is 11.5 Å². The molecule has 0 unspecified atom stereocenters. The lowest BCUT2D eigenvalue weighted by molar-refractivity contribution is -0.118. The number of aryl methyl sites for hydroxylation is 2. The minimum Gasteiger partial charge on any atom is -0.494 e. The van der Waals surface area contributed by atoms with Crippen molar-refractivity contribution in [2.45, 2.75) is 26.2 Å². The molecule has 0 aliphatic rings. The van der Waals surface area contributed by atoms with E-state index in [-0.39, 0.29) is 12.5 Å². The second-order valence-electron chi connectivity index (χ2n) is 6.92. The second kappa shape index (κ2) is 11.4. The van der Waals surface area contributed by atoms with Gasteiger partial charge in [0.05, 0.1) is 11.1 Å². The Kier molecular flexibility index (Phi) is 8.33. The number of ether oxygens (including phenoxy) is 2. The maximum absolute atomic E-state index is 12.2. The average molecular weight is 468 g/mol. The monoisotopic (exact) mass is 467 g/mol. The van der Waals surface area contributed by atoms with Crippen molar-refractivity contribution < 1.29 is 14.3 Å². The smallest absolute Gasteiger partial charge is 0.262 e. The van der Waals surface area contributed by atoms with Crippen LogP contribution in [-0.4, -0.2) is 19.1 Å². The molecule has 0 bridgehead atoms. The molecular weight excluding hydrogens is 442 g/mol. The summed E-state index contributed by atoms with van der Waals surface area (Å²) in [4.78, 5) is 12.2. The Morgan fingerprint density at radius 2 is 1.70 bits per heavy atom. The van der Waals surface area contributed by atoms with E-state index in [1.807, 2.05) is 48.5 Å². The van der Waals surface area contributed by atoms with Crippen molar-refractivity contribution in [3.63, 3.8) is 0 Å². The van der Waals surface area contributed by atoms with Gasteiger partial charge in [0, 0.05) is 5.69 Å². The third-order valence-corrected chi connectivity index (χ3v) is 5.24. The Balaban J connectivity index is 1.39. The van der Waals surface area contributed by atoms with Crippen LogP contribution in [0.2, 0.25) is 0 Å². The Bertz CT molecular complexity index is 942. The first-order valence-corrected chi connectivity index (χ1v) is 10.9. The van der Waals surface area contributed by atoms with Crippen LogP contribution < -0.4 is 14.8 Å². The Morgan fingerprint density at radius 1 is 0.933 bits per heavy atom. The van der Waals surface area contributed by atoms with E-state index >= 15 is 0 Å². The van der Waals surface area contributed by atoms with Crippen LogP contribution in [0.1, 0.15) is 24.5 Å². The number of hydrogen-bond acceptors (Lipinski definition) is 3. The van der Waals surface area contributed by atoms with E-state index in [9.17, 15) is 4.79 Å². The van der Waals surface area contributed by atoms with E-state index < -0.39 is 0 Å². The Labute approximate surface area is 186 Å². The van der Waals surface area contributed by atoms with Gasteiger partial charge in [0.1, 0.15) is 11.5 Å². The van der Waals surface area contributed by atoms with Crippen LogP contribution in [0.3, 0.4) is 0 Å². The van der Waals surface area contributed by atoms with Gasteiger partial charge in [0.2, 0.25) is 0 Å². The predicted octanol–water partition coefficient (Wildman–Crippen LogP) is 6.04. The molecule has 0 saturated carbocycles. The zero-order valence-electron chi connectivity index (χ0n) is 17.1. The van der Waals surface area contributed by atoms with Crippen molar-refractivity contribution in [2.24, 2.45) is 0 Å². The number of hydrogen-bond donors (Lipinski definition) is 1. The number of carbonyl (C=O) groups excluding carboxylic acids is 1. The average Bonchev–Trinajstić information content (AvgIpc) is 2.77. The molecule has 0 atom stereocenters. The molecule has 1 N–H and O–H groups in total. The number of anilines is 1. The normalized spacial score (nSPS) is 10.5. The molecule has 4 nitrogen and oxygen atoms in total. The number of nitrogens with one attached hydrogen (secondary N) is 1. The molecule has 156 valence electrons. The summed E-state index contributed by atoms with van der Waals surface area (Å²) in [5.74, 6) is 1.23. The van der Waals surface area contributed by atoms with Crippen LogP contribution in [0, 0.1) is 0 Å². The van der Waals surface area contributed by atoms with E-state index in [2.05, 4.69) is 52.4 Å². The van der Waals surface area contributed by atoms with Gasteiger partial charge in [-0.15, -0.1) is 0 Å². The molecule has 0 heterocycles. The fourth-order valence-corrected chi connectivity index (χ4v) is 3.51. The van der Waals surface area contributed by atoms with Gasteiger partial charge in [-0.05, 0) is 82.7 Å². The van der Waals surface area contributed by atoms with Crippen molar-refractivity contribution in [1.29, 1.82) is 0 Å². The van der Waals surface area contributed by atoms with Crippen molar-refractivity contribution in [3.05, 3.63) is 88.4 Å². The molecular formula is C25H26BrNO3. The molecule has 0 aromatic heterocycles. The lowest BCUT2D eigenvalue weighted by Gasteiger charge is -2.11. The molecule has 3 aromatic rings. The first-order valence-electron chi connectivity index (χ1n) is 10.1. The highest BCUT2D eigenvalue weighted by Gasteiger charge is 2.07. The minimum absolute atomic E-state index is 0.0538. The summed E-state index contributed by atoms with van der Waals surface area (Å²) in [6, 6.07) is 23.6. The molecule has 0 radical (unpaired) electrons. The quantitative estimate of drug-likeness (QED) is 0.369. The Morgan fingerprint density at radius 3 is 2.40 bits per heavy atom. The fraction of sp³-hybridized carbons (Fsp3) is 0.240. The van der Waals surface area contributed by atoms with E-state index in [1.54, 1.807) is 0 Å². The zero-order valence-corrected chi connectivity index (χ0v) is 18.7. The van der Waals surface area contributed by atoms with E-state index in [1.165, 1.54) is 11.1 Å². The summed E-state index contributed by atoms with van der Waals surface area (Å²) in [5.41, 5.74) is 3.23. The number of benzene rings is 3. The SMILES string of the molecule is CCc1ccc(OCC(=O)Nc2ccc(OCCCc3ccccc3)cc2)c(Br)c1. The van der Waals surface area contributed by atoms with E-state index in [4.69, 9.17) is 9.47 Å². The summed E-state index contributed by atoms with van der Waals surface area (Å²) in [7, 11) is 0. The molecule has 0 aliphatic heterocycles. The fourth-order valence-electron chi connectivity index (χ4n) is 2.97. The Hall–Kier alpha value is -2.79.